The van der Waals surface area contributed by atoms with Crippen molar-refractivity contribution in [3.8, 4) is 0 Å². The number of hydrogen-bond donors (Lipinski definition) is 0. The molecular weight excluding hydrogens is 422 g/mol. The summed E-state index contributed by atoms with van der Waals surface area (Å²) in [7, 11) is 0. The van der Waals surface area contributed by atoms with Gasteiger partial charge in [-0.2, -0.15) is 13.2 Å². The highest BCUT2D eigenvalue weighted by Crippen LogP contribution is 2.55. The van der Waals surface area contributed by atoms with Gasteiger partial charge in [0.25, 0.3) is 0 Å². The lowest BCUT2D eigenvalue weighted by Gasteiger charge is -2.36. The summed E-state index contributed by atoms with van der Waals surface area (Å²) in [6.45, 7) is 1.13. The van der Waals surface area contributed by atoms with E-state index in [0.29, 0.717) is 5.56 Å². The zero-order valence-electron chi connectivity index (χ0n) is 13.9. The van der Waals surface area contributed by atoms with Crippen LogP contribution in [0.1, 0.15) is 24.1 Å². The van der Waals surface area contributed by atoms with Crippen molar-refractivity contribution in [2.24, 2.45) is 10.9 Å². The highest BCUT2D eigenvalue weighted by Gasteiger charge is 2.65. The zero-order chi connectivity index (χ0) is 20.0. The van der Waals surface area contributed by atoms with E-state index in [9.17, 15) is 18.0 Å². The summed E-state index contributed by atoms with van der Waals surface area (Å²) >= 11 is 17.8. The van der Waals surface area contributed by atoms with Crippen molar-refractivity contribution in [3.05, 3.63) is 68.7 Å². The van der Waals surface area contributed by atoms with E-state index in [1.807, 2.05) is 0 Å². The molecule has 2 aromatic carbocycles. The summed E-state index contributed by atoms with van der Waals surface area (Å²) in [5, 5.41) is -0.295. The Kier molecular flexibility index (Phi) is 5.32. The summed E-state index contributed by atoms with van der Waals surface area (Å²) in [5.41, 5.74) is -2.40. The van der Waals surface area contributed by atoms with Crippen LogP contribution in [0.4, 0.5) is 13.2 Å². The number of nitrogens with zero attached hydrogens (tertiary/aromatic N) is 1. The Morgan fingerprint density at radius 1 is 1.07 bits per heavy atom. The van der Waals surface area contributed by atoms with Gasteiger partial charge in [0.1, 0.15) is 11.2 Å². The molecule has 8 heteroatoms. The number of aliphatic imine (C=N–C) groups is 1. The molecule has 3 rings (SSSR count). The highest BCUT2D eigenvalue weighted by molar-refractivity contribution is 6.48. The maximum Gasteiger partial charge on any atom is 0.404 e. The SMILES string of the molecule is CC(=O)C1C(c2ccccc2)N=CC1(c1cc(Cl)c(Cl)c(Cl)c1)C(F)(F)F. The van der Waals surface area contributed by atoms with Crippen LogP contribution in [0, 0.1) is 5.92 Å². The summed E-state index contributed by atoms with van der Waals surface area (Å²) < 4.78 is 43.2. The molecule has 0 aromatic heterocycles. The molecule has 0 amide bonds. The number of carbonyl (C=O) groups is 1. The van der Waals surface area contributed by atoms with Gasteiger partial charge in [-0.25, -0.2) is 0 Å². The van der Waals surface area contributed by atoms with Gasteiger partial charge < -0.3 is 0 Å². The summed E-state index contributed by atoms with van der Waals surface area (Å²) in [4.78, 5) is 16.5. The molecule has 3 unspecified atom stereocenters. The van der Waals surface area contributed by atoms with Crippen molar-refractivity contribution in [3.63, 3.8) is 0 Å². The molecule has 142 valence electrons. The van der Waals surface area contributed by atoms with E-state index in [1.165, 1.54) is 0 Å². The van der Waals surface area contributed by atoms with Gasteiger partial charge in [-0.3, -0.25) is 9.79 Å². The molecule has 0 spiro atoms. The first kappa shape index (κ1) is 20.2. The fourth-order valence-electron chi connectivity index (χ4n) is 3.55. The molecule has 27 heavy (non-hydrogen) atoms. The maximum absolute atomic E-state index is 14.4. The molecule has 1 aliphatic heterocycles. The Labute approximate surface area is 169 Å². The number of halogens is 6. The van der Waals surface area contributed by atoms with Crippen LogP contribution < -0.4 is 0 Å². The van der Waals surface area contributed by atoms with Crippen molar-refractivity contribution in [2.75, 3.05) is 0 Å². The van der Waals surface area contributed by atoms with Gasteiger partial charge in [0.05, 0.1) is 27.0 Å². The van der Waals surface area contributed by atoms with Crippen molar-refractivity contribution in [2.45, 2.75) is 24.6 Å². The zero-order valence-corrected chi connectivity index (χ0v) is 16.2. The van der Waals surface area contributed by atoms with E-state index in [-0.39, 0.29) is 20.6 Å². The molecule has 1 heterocycles. The largest absolute Gasteiger partial charge is 0.404 e. The first-order chi connectivity index (χ1) is 12.6. The van der Waals surface area contributed by atoms with Gasteiger partial charge in [0, 0.05) is 6.21 Å². The lowest BCUT2D eigenvalue weighted by molar-refractivity contribution is -0.183. The van der Waals surface area contributed by atoms with E-state index >= 15 is 0 Å². The third kappa shape index (κ3) is 3.26. The Morgan fingerprint density at radius 2 is 1.63 bits per heavy atom. The van der Waals surface area contributed by atoms with Crippen LogP contribution in [-0.4, -0.2) is 18.2 Å². The molecule has 0 saturated heterocycles. The van der Waals surface area contributed by atoms with E-state index in [0.717, 1.165) is 25.3 Å². The average molecular weight is 435 g/mol. The van der Waals surface area contributed by atoms with Crippen LogP contribution in [-0.2, 0) is 10.2 Å². The fourth-order valence-corrected chi connectivity index (χ4v) is 4.14. The molecule has 0 aliphatic carbocycles. The lowest BCUT2D eigenvalue weighted by atomic mass is 9.67. The van der Waals surface area contributed by atoms with Gasteiger partial charge in [0.15, 0.2) is 0 Å². The second-order valence-corrected chi connectivity index (χ2v) is 7.54. The van der Waals surface area contributed by atoms with Crippen LogP contribution in [0.2, 0.25) is 15.1 Å². The molecule has 2 aromatic rings. The van der Waals surface area contributed by atoms with Crippen LogP contribution in [0.25, 0.3) is 0 Å². The number of ketones is 1. The third-order valence-electron chi connectivity index (χ3n) is 4.75. The van der Waals surface area contributed by atoms with E-state index in [2.05, 4.69) is 4.99 Å². The molecule has 0 bridgehead atoms. The first-order valence-electron chi connectivity index (χ1n) is 7.91. The van der Waals surface area contributed by atoms with Crippen LogP contribution in [0.3, 0.4) is 0 Å². The number of rotatable bonds is 3. The Balaban J connectivity index is 2.26. The number of carbonyl (C=O) groups excluding carboxylic acids is 1. The average Bonchev–Trinajstić information content (AvgIpc) is 3.02. The lowest BCUT2D eigenvalue weighted by Crippen LogP contribution is -2.51. The quantitative estimate of drug-likeness (QED) is 0.509. The van der Waals surface area contributed by atoms with Crippen molar-refractivity contribution in [1.29, 1.82) is 0 Å². The second kappa shape index (κ2) is 7.12. The minimum absolute atomic E-state index is 0.0478. The van der Waals surface area contributed by atoms with Gasteiger partial charge in [0.2, 0.25) is 0 Å². The number of benzene rings is 2. The van der Waals surface area contributed by atoms with Crippen LogP contribution in [0.15, 0.2) is 47.5 Å². The molecule has 0 fully saturated rings. The smallest absolute Gasteiger partial charge is 0.300 e. The molecule has 1 aliphatic rings. The monoisotopic (exact) mass is 433 g/mol. The minimum atomic E-state index is -4.81. The topological polar surface area (TPSA) is 29.4 Å². The van der Waals surface area contributed by atoms with E-state index in [4.69, 9.17) is 34.8 Å². The standard InChI is InChI=1S/C19H13Cl3F3NO/c1-10(27)15-17(11-5-3-2-4-6-11)26-9-18(15,19(23,24)25)12-7-13(20)16(22)14(21)8-12/h2-9,15,17H,1H3. The Hall–Kier alpha value is -1.56. The summed E-state index contributed by atoms with van der Waals surface area (Å²) in [5.74, 6) is -2.13. The molecule has 0 N–H and O–H groups in total. The number of hydrogen-bond acceptors (Lipinski definition) is 2. The Morgan fingerprint density at radius 3 is 2.11 bits per heavy atom. The minimum Gasteiger partial charge on any atom is -0.300 e. The Bertz CT molecular complexity index is 891. The van der Waals surface area contributed by atoms with Crippen LogP contribution >= 0.6 is 34.8 Å². The van der Waals surface area contributed by atoms with Crippen molar-refractivity contribution < 1.29 is 18.0 Å². The fraction of sp³-hybridized carbons (Fsp3) is 0.263. The van der Waals surface area contributed by atoms with E-state index in [1.54, 1.807) is 30.3 Å². The van der Waals surface area contributed by atoms with Crippen LogP contribution in [0.5, 0.6) is 0 Å². The maximum atomic E-state index is 14.4. The van der Waals surface area contributed by atoms with Gasteiger partial charge in [-0.15, -0.1) is 0 Å². The van der Waals surface area contributed by atoms with Crippen molar-refractivity contribution >= 4 is 46.8 Å². The predicted molar refractivity (Wildman–Crippen MR) is 101 cm³/mol. The molecule has 2 nitrogen and oxygen atoms in total. The number of alkyl halides is 3. The number of Topliss-reactive ketones (excluding diaryl/α,β-unsaturated/α-hetero) is 1. The molecule has 3 atom stereocenters. The predicted octanol–water partition coefficient (Wildman–Crippen LogP) is 6.48. The van der Waals surface area contributed by atoms with Gasteiger partial charge in [-0.1, -0.05) is 65.1 Å². The third-order valence-corrected chi connectivity index (χ3v) is 5.95. The highest BCUT2D eigenvalue weighted by atomic mass is 35.5. The second-order valence-electron chi connectivity index (χ2n) is 6.34. The van der Waals surface area contributed by atoms with Gasteiger partial charge >= 0.3 is 6.18 Å². The summed E-state index contributed by atoms with van der Waals surface area (Å²) in [6.07, 6.45) is -4.01. The molecule has 0 radical (unpaired) electrons. The van der Waals surface area contributed by atoms with E-state index < -0.39 is 29.3 Å². The van der Waals surface area contributed by atoms with Crippen molar-refractivity contribution in [1.82, 2.24) is 0 Å². The van der Waals surface area contributed by atoms with Gasteiger partial charge in [-0.05, 0) is 30.2 Å². The molecule has 0 saturated carbocycles. The first-order valence-corrected chi connectivity index (χ1v) is 9.04. The molecular formula is C19H13Cl3F3NO. The normalized spacial score (nSPS) is 25.0. The summed E-state index contributed by atoms with van der Waals surface area (Å²) in [6, 6.07) is 9.62.